The molecule has 1 amide bonds. The molecule has 2 aliphatic rings. The zero-order valence-electron chi connectivity index (χ0n) is 14.5. The predicted octanol–water partition coefficient (Wildman–Crippen LogP) is 3.30. The van der Waals surface area contributed by atoms with Crippen LogP contribution >= 0.6 is 11.6 Å². The summed E-state index contributed by atoms with van der Waals surface area (Å²) in [7, 11) is 0. The highest BCUT2D eigenvalue weighted by molar-refractivity contribution is 6.30. The van der Waals surface area contributed by atoms with Crippen LogP contribution in [0, 0.1) is 0 Å². The summed E-state index contributed by atoms with van der Waals surface area (Å²) in [5, 5.41) is 4.03. The fourth-order valence-electron chi connectivity index (χ4n) is 3.77. The second-order valence-electron chi connectivity index (χ2n) is 7.02. The number of benzene rings is 1. The molecule has 3 rings (SSSR count). The molecule has 132 valence electrons. The van der Waals surface area contributed by atoms with Gasteiger partial charge in [-0.05, 0) is 38.0 Å². The minimum atomic E-state index is -0.0477. The van der Waals surface area contributed by atoms with Crippen LogP contribution in [0.25, 0.3) is 0 Å². The Balaban J connectivity index is 1.49. The lowest BCUT2D eigenvalue weighted by molar-refractivity contribution is -0.127. The van der Waals surface area contributed by atoms with Gasteiger partial charge in [0, 0.05) is 42.9 Å². The van der Waals surface area contributed by atoms with E-state index in [0.717, 1.165) is 44.0 Å². The zero-order chi connectivity index (χ0) is 16.9. The van der Waals surface area contributed by atoms with Crippen LogP contribution in [0.2, 0.25) is 5.02 Å². The summed E-state index contributed by atoms with van der Waals surface area (Å²) >= 11 is 6.09. The molecule has 1 aromatic rings. The summed E-state index contributed by atoms with van der Waals surface area (Å²) in [4.78, 5) is 17.2. The SMILES string of the molecule is C[C@H](C(=O)NC1CCCCC1)N1CCN(c2cccc(Cl)c2)CC1. The van der Waals surface area contributed by atoms with Crippen molar-refractivity contribution in [1.29, 1.82) is 0 Å². The van der Waals surface area contributed by atoms with Crippen LogP contribution in [0.1, 0.15) is 39.0 Å². The first kappa shape index (κ1) is 17.6. The van der Waals surface area contributed by atoms with Crippen molar-refractivity contribution in [3.05, 3.63) is 29.3 Å². The molecule has 5 heteroatoms. The number of piperazine rings is 1. The Bertz CT molecular complexity index is 551. The van der Waals surface area contributed by atoms with E-state index >= 15 is 0 Å². The van der Waals surface area contributed by atoms with Crippen molar-refractivity contribution < 1.29 is 4.79 Å². The lowest BCUT2D eigenvalue weighted by atomic mass is 9.95. The van der Waals surface area contributed by atoms with E-state index in [9.17, 15) is 4.79 Å². The molecule has 0 unspecified atom stereocenters. The van der Waals surface area contributed by atoms with Crippen LogP contribution in [-0.2, 0) is 4.79 Å². The van der Waals surface area contributed by atoms with Gasteiger partial charge in [0.05, 0.1) is 6.04 Å². The Morgan fingerprint density at radius 1 is 1.17 bits per heavy atom. The summed E-state index contributed by atoms with van der Waals surface area (Å²) in [6.45, 7) is 5.72. The maximum atomic E-state index is 12.5. The number of rotatable bonds is 4. The molecule has 1 N–H and O–H groups in total. The van der Waals surface area contributed by atoms with Crippen LogP contribution < -0.4 is 10.2 Å². The largest absolute Gasteiger partial charge is 0.369 e. The lowest BCUT2D eigenvalue weighted by Crippen LogP contribution is -2.55. The van der Waals surface area contributed by atoms with E-state index in [0.29, 0.717) is 6.04 Å². The summed E-state index contributed by atoms with van der Waals surface area (Å²) in [5.41, 5.74) is 1.17. The number of hydrogen-bond acceptors (Lipinski definition) is 3. The molecule has 4 nitrogen and oxygen atoms in total. The third-order valence-electron chi connectivity index (χ3n) is 5.37. The summed E-state index contributed by atoms with van der Waals surface area (Å²) < 4.78 is 0. The highest BCUT2D eigenvalue weighted by atomic mass is 35.5. The van der Waals surface area contributed by atoms with E-state index in [1.807, 2.05) is 25.1 Å². The van der Waals surface area contributed by atoms with Crippen LogP contribution in [0.3, 0.4) is 0 Å². The zero-order valence-corrected chi connectivity index (χ0v) is 15.3. The Morgan fingerprint density at radius 3 is 2.54 bits per heavy atom. The van der Waals surface area contributed by atoms with Gasteiger partial charge in [0.25, 0.3) is 0 Å². The summed E-state index contributed by atoms with van der Waals surface area (Å²) in [5.74, 6) is 0.193. The van der Waals surface area contributed by atoms with Gasteiger partial charge in [0.15, 0.2) is 0 Å². The number of carbonyl (C=O) groups excluding carboxylic acids is 1. The number of anilines is 1. The van der Waals surface area contributed by atoms with Crippen LogP contribution in [0.5, 0.6) is 0 Å². The van der Waals surface area contributed by atoms with Crippen molar-refractivity contribution in [2.45, 2.75) is 51.1 Å². The molecule has 24 heavy (non-hydrogen) atoms. The molecule has 1 aliphatic carbocycles. The van der Waals surface area contributed by atoms with Crippen molar-refractivity contribution >= 4 is 23.2 Å². The normalized spacial score (nSPS) is 21.5. The van der Waals surface area contributed by atoms with Gasteiger partial charge in [-0.15, -0.1) is 0 Å². The highest BCUT2D eigenvalue weighted by Crippen LogP contribution is 2.22. The molecule has 0 radical (unpaired) electrons. The van der Waals surface area contributed by atoms with Crippen molar-refractivity contribution in [2.24, 2.45) is 0 Å². The van der Waals surface area contributed by atoms with Crippen LogP contribution in [0.4, 0.5) is 5.69 Å². The first-order valence-corrected chi connectivity index (χ1v) is 9.56. The van der Waals surface area contributed by atoms with Crippen molar-refractivity contribution in [1.82, 2.24) is 10.2 Å². The Hall–Kier alpha value is -1.26. The molecular weight excluding hydrogens is 322 g/mol. The fourth-order valence-corrected chi connectivity index (χ4v) is 3.96. The highest BCUT2D eigenvalue weighted by Gasteiger charge is 2.27. The summed E-state index contributed by atoms with van der Waals surface area (Å²) in [6, 6.07) is 8.34. The first-order chi connectivity index (χ1) is 11.6. The molecule has 0 aromatic heterocycles. The number of nitrogens with one attached hydrogen (secondary N) is 1. The number of halogens is 1. The monoisotopic (exact) mass is 349 g/mol. The van der Waals surface area contributed by atoms with Crippen LogP contribution in [0.15, 0.2) is 24.3 Å². The molecule has 2 fully saturated rings. The number of carbonyl (C=O) groups is 1. The molecule has 0 bridgehead atoms. The van der Waals surface area contributed by atoms with Gasteiger partial charge in [-0.2, -0.15) is 0 Å². The maximum absolute atomic E-state index is 12.5. The molecule has 1 aliphatic heterocycles. The number of nitrogens with zero attached hydrogens (tertiary/aromatic N) is 2. The van der Waals surface area contributed by atoms with E-state index in [4.69, 9.17) is 11.6 Å². The van der Waals surface area contributed by atoms with Gasteiger partial charge in [0.1, 0.15) is 0 Å². The second-order valence-corrected chi connectivity index (χ2v) is 7.46. The standard InChI is InChI=1S/C19H28ClN3O/c1-15(19(24)21-17-7-3-2-4-8-17)22-10-12-23(13-11-22)18-9-5-6-16(20)14-18/h5-6,9,14-15,17H,2-4,7-8,10-13H2,1H3,(H,21,24)/t15-/m1/s1. The smallest absolute Gasteiger partial charge is 0.237 e. The first-order valence-electron chi connectivity index (χ1n) is 9.18. The average Bonchev–Trinajstić information content (AvgIpc) is 2.62. The van der Waals surface area contributed by atoms with E-state index < -0.39 is 0 Å². The van der Waals surface area contributed by atoms with Crippen molar-refractivity contribution in [3.63, 3.8) is 0 Å². The van der Waals surface area contributed by atoms with E-state index in [1.54, 1.807) is 0 Å². The van der Waals surface area contributed by atoms with E-state index in [-0.39, 0.29) is 11.9 Å². The van der Waals surface area contributed by atoms with Gasteiger partial charge in [-0.3, -0.25) is 9.69 Å². The van der Waals surface area contributed by atoms with Crippen LogP contribution in [-0.4, -0.2) is 49.1 Å². The molecule has 1 saturated carbocycles. The number of hydrogen-bond donors (Lipinski definition) is 1. The quantitative estimate of drug-likeness (QED) is 0.906. The Kier molecular flexibility index (Phi) is 6.01. The molecule has 1 atom stereocenters. The van der Waals surface area contributed by atoms with E-state index in [2.05, 4.69) is 21.2 Å². The molecular formula is C19H28ClN3O. The topological polar surface area (TPSA) is 35.6 Å². The number of amides is 1. The molecule has 1 aromatic carbocycles. The Morgan fingerprint density at radius 2 is 1.88 bits per heavy atom. The Labute approximate surface area is 150 Å². The van der Waals surface area contributed by atoms with Crippen molar-refractivity contribution in [3.8, 4) is 0 Å². The lowest BCUT2D eigenvalue weighted by Gasteiger charge is -2.39. The third kappa shape index (κ3) is 4.42. The third-order valence-corrected chi connectivity index (χ3v) is 5.60. The van der Waals surface area contributed by atoms with Gasteiger partial charge in [0.2, 0.25) is 5.91 Å². The van der Waals surface area contributed by atoms with Crippen molar-refractivity contribution in [2.75, 3.05) is 31.1 Å². The molecule has 1 saturated heterocycles. The maximum Gasteiger partial charge on any atom is 0.237 e. The predicted molar refractivity (Wildman–Crippen MR) is 99.7 cm³/mol. The minimum absolute atomic E-state index is 0.0477. The second kappa shape index (κ2) is 8.21. The van der Waals surface area contributed by atoms with Gasteiger partial charge in [-0.25, -0.2) is 0 Å². The van der Waals surface area contributed by atoms with Gasteiger partial charge < -0.3 is 10.2 Å². The van der Waals surface area contributed by atoms with Gasteiger partial charge in [-0.1, -0.05) is 36.9 Å². The summed E-state index contributed by atoms with van der Waals surface area (Å²) in [6.07, 6.45) is 6.09. The molecule has 0 spiro atoms. The van der Waals surface area contributed by atoms with E-state index in [1.165, 1.54) is 24.9 Å². The minimum Gasteiger partial charge on any atom is -0.369 e. The average molecular weight is 350 g/mol. The van der Waals surface area contributed by atoms with Gasteiger partial charge >= 0.3 is 0 Å². The fraction of sp³-hybridized carbons (Fsp3) is 0.632. The molecule has 1 heterocycles.